The molecular weight excluding hydrogens is 198 g/mol. The van der Waals surface area contributed by atoms with Crippen LogP contribution in [0, 0.1) is 11.6 Å². The van der Waals surface area contributed by atoms with Crippen molar-refractivity contribution in [2.45, 2.75) is 18.9 Å². The van der Waals surface area contributed by atoms with Crippen LogP contribution in [-0.4, -0.2) is 6.43 Å². The van der Waals surface area contributed by atoms with Crippen LogP contribution in [0.25, 0.3) is 0 Å². The molecule has 0 heterocycles. The molecule has 78 valence electrons. The van der Waals surface area contributed by atoms with Crippen molar-refractivity contribution in [3.05, 3.63) is 35.4 Å². The van der Waals surface area contributed by atoms with Crippen LogP contribution in [0.1, 0.15) is 18.0 Å². The maximum atomic E-state index is 12.6. The molecule has 0 fully saturated rings. The molecule has 1 atom stereocenters. The molecule has 1 rings (SSSR count). The van der Waals surface area contributed by atoms with Crippen LogP contribution in [0.3, 0.4) is 0 Å². The molecule has 0 spiro atoms. The second-order valence-electron chi connectivity index (χ2n) is 2.94. The molecule has 0 saturated carbocycles. The summed E-state index contributed by atoms with van der Waals surface area (Å²) in [5.74, 6) is -1.63. The zero-order chi connectivity index (χ0) is 10.7. The van der Waals surface area contributed by atoms with Crippen LogP contribution in [0.5, 0.6) is 0 Å². The van der Waals surface area contributed by atoms with Gasteiger partial charge in [-0.2, -0.15) is 0 Å². The van der Waals surface area contributed by atoms with E-state index in [0.717, 1.165) is 12.1 Å². The van der Waals surface area contributed by atoms with Gasteiger partial charge >= 0.3 is 0 Å². The van der Waals surface area contributed by atoms with Crippen molar-refractivity contribution in [1.29, 1.82) is 0 Å². The first-order chi connectivity index (χ1) is 6.49. The number of hydrogen-bond donors (Lipinski definition) is 1. The Morgan fingerprint density at radius 1 is 1.07 bits per heavy atom. The Labute approximate surface area is 78.5 Å². The Balaban J connectivity index is 2.84. The average molecular weight is 207 g/mol. The van der Waals surface area contributed by atoms with Crippen molar-refractivity contribution in [3.63, 3.8) is 0 Å². The van der Waals surface area contributed by atoms with Crippen LogP contribution in [0.15, 0.2) is 18.2 Å². The largest absolute Gasteiger partial charge is 0.324 e. The van der Waals surface area contributed by atoms with Gasteiger partial charge in [0.05, 0.1) is 0 Å². The lowest BCUT2D eigenvalue weighted by molar-refractivity contribution is 0.128. The van der Waals surface area contributed by atoms with Crippen molar-refractivity contribution in [2.75, 3.05) is 0 Å². The predicted molar refractivity (Wildman–Crippen MR) is 43.9 cm³/mol. The molecule has 1 nitrogen and oxygen atoms in total. The van der Waals surface area contributed by atoms with Gasteiger partial charge in [0.2, 0.25) is 6.43 Å². The summed E-state index contributed by atoms with van der Waals surface area (Å²) in [6, 6.07) is 1.53. The van der Waals surface area contributed by atoms with Gasteiger partial charge in [0.15, 0.2) is 0 Å². The molecule has 2 N–H and O–H groups in total. The number of nitrogens with two attached hydrogens (primary N) is 1. The standard InChI is InChI=1S/C9H9F4N/c10-6-1-5(2-7(11)3-6)8(14)4-9(12)13/h1-3,8-9H,4,14H2/t8-/m0/s1. The van der Waals surface area contributed by atoms with Crippen LogP contribution in [-0.2, 0) is 0 Å². The number of benzene rings is 1. The van der Waals surface area contributed by atoms with E-state index in [4.69, 9.17) is 5.73 Å². The molecule has 0 aliphatic carbocycles. The zero-order valence-corrected chi connectivity index (χ0v) is 7.18. The number of halogens is 4. The maximum Gasteiger partial charge on any atom is 0.240 e. The van der Waals surface area contributed by atoms with E-state index < -0.39 is 30.5 Å². The van der Waals surface area contributed by atoms with E-state index in [1.807, 2.05) is 0 Å². The fourth-order valence-electron chi connectivity index (χ4n) is 1.12. The summed E-state index contributed by atoms with van der Waals surface area (Å²) in [5.41, 5.74) is 5.36. The third kappa shape index (κ3) is 2.99. The summed E-state index contributed by atoms with van der Waals surface area (Å²) in [6.45, 7) is 0. The highest BCUT2D eigenvalue weighted by molar-refractivity contribution is 5.21. The van der Waals surface area contributed by atoms with Crippen LogP contribution < -0.4 is 5.73 Å². The summed E-state index contributed by atoms with van der Waals surface area (Å²) in [6.07, 6.45) is -3.19. The normalized spacial score (nSPS) is 13.3. The first-order valence-corrected chi connectivity index (χ1v) is 3.98. The minimum Gasteiger partial charge on any atom is -0.324 e. The molecule has 0 aliphatic rings. The lowest BCUT2D eigenvalue weighted by atomic mass is 10.0. The highest BCUT2D eigenvalue weighted by Crippen LogP contribution is 2.19. The number of rotatable bonds is 3. The maximum absolute atomic E-state index is 12.6. The van der Waals surface area contributed by atoms with Crippen LogP contribution >= 0.6 is 0 Å². The summed E-state index contributed by atoms with van der Waals surface area (Å²) in [5, 5.41) is 0. The molecule has 0 aliphatic heterocycles. The third-order valence-corrected chi connectivity index (χ3v) is 1.75. The van der Waals surface area contributed by atoms with Crippen molar-refractivity contribution in [1.82, 2.24) is 0 Å². The zero-order valence-electron chi connectivity index (χ0n) is 7.18. The summed E-state index contributed by atoms with van der Waals surface area (Å²) >= 11 is 0. The Hall–Kier alpha value is -1.10. The lowest BCUT2D eigenvalue weighted by Crippen LogP contribution is -2.14. The average Bonchev–Trinajstić information content (AvgIpc) is 2.00. The van der Waals surface area contributed by atoms with Crippen LogP contribution in [0.2, 0.25) is 0 Å². The van der Waals surface area contributed by atoms with Gasteiger partial charge in [-0.25, -0.2) is 17.6 Å². The summed E-state index contributed by atoms with van der Waals surface area (Å²) in [4.78, 5) is 0. The first-order valence-electron chi connectivity index (χ1n) is 3.98. The monoisotopic (exact) mass is 207 g/mol. The van der Waals surface area contributed by atoms with Gasteiger partial charge in [-0.15, -0.1) is 0 Å². The van der Waals surface area contributed by atoms with E-state index in [9.17, 15) is 17.6 Å². The van der Waals surface area contributed by atoms with Crippen molar-refractivity contribution < 1.29 is 17.6 Å². The van der Waals surface area contributed by atoms with Gasteiger partial charge in [-0.1, -0.05) is 0 Å². The van der Waals surface area contributed by atoms with Crippen LogP contribution in [0.4, 0.5) is 17.6 Å². The van der Waals surface area contributed by atoms with Gasteiger partial charge in [0.25, 0.3) is 0 Å². The van der Waals surface area contributed by atoms with E-state index in [2.05, 4.69) is 0 Å². The van der Waals surface area contributed by atoms with Crippen molar-refractivity contribution >= 4 is 0 Å². The van der Waals surface area contributed by atoms with Crippen molar-refractivity contribution in [3.8, 4) is 0 Å². The van der Waals surface area contributed by atoms with E-state index in [1.165, 1.54) is 0 Å². The molecule has 14 heavy (non-hydrogen) atoms. The highest BCUT2D eigenvalue weighted by Gasteiger charge is 2.14. The molecule has 0 amide bonds. The van der Waals surface area contributed by atoms with Gasteiger partial charge in [0.1, 0.15) is 11.6 Å². The molecule has 0 saturated heterocycles. The van der Waals surface area contributed by atoms with Gasteiger partial charge < -0.3 is 5.73 Å². The Kier molecular flexibility index (Phi) is 3.46. The van der Waals surface area contributed by atoms with Gasteiger partial charge in [0, 0.05) is 18.5 Å². The molecule has 5 heteroatoms. The first kappa shape index (κ1) is 11.0. The molecule has 0 unspecified atom stereocenters. The highest BCUT2D eigenvalue weighted by atomic mass is 19.3. The minimum atomic E-state index is -2.59. The molecule has 0 radical (unpaired) electrons. The summed E-state index contributed by atoms with van der Waals surface area (Å²) in [7, 11) is 0. The van der Waals surface area contributed by atoms with Gasteiger partial charge in [-0.3, -0.25) is 0 Å². The fourth-order valence-corrected chi connectivity index (χ4v) is 1.12. The number of hydrogen-bond acceptors (Lipinski definition) is 1. The SMILES string of the molecule is N[C@@H](CC(F)F)c1cc(F)cc(F)c1. The Morgan fingerprint density at radius 3 is 2.00 bits per heavy atom. The number of alkyl halides is 2. The minimum absolute atomic E-state index is 0.0443. The van der Waals surface area contributed by atoms with E-state index in [0.29, 0.717) is 6.07 Å². The lowest BCUT2D eigenvalue weighted by Gasteiger charge is -2.11. The topological polar surface area (TPSA) is 26.0 Å². The van der Waals surface area contributed by atoms with Crippen molar-refractivity contribution in [2.24, 2.45) is 5.73 Å². The fraction of sp³-hybridized carbons (Fsp3) is 0.333. The molecule has 0 bridgehead atoms. The second-order valence-corrected chi connectivity index (χ2v) is 2.94. The molecule has 1 aromatic carbocycles. The molecule has 0 aromatic heterocycles. The third-order valence-electron chi connectivity index (χ3n) is 1.75. The smallest absolute Gasteiger partial charge is 0.240 e. The second kappa shape index (κ2) is 4.41. The Morgan fingerprint density at radius 2 is 1.57 bits per heavy atom. The Bertz CT molecular complexity index is 293. The van der Waals surface area contributed by atoms with Gasteiger partial charge in [-0.05, 0) is 17.7 Å². The molecular formula is C9H9F4N. The van der Waals surface area contributed by atoms with E-state index in [1.54, 1.807) is 0 Å². The predicted octanol–water partition coefficient (Wildman–Crippen LogP) is 2.62. The van der Waals surface area contributed by atoms with E-state index >= 15 is 0 Å². The van der Waals surface area contributed by atoms with E-state index in [-0.39, 0.29) is 5.56 Å². The quantitative estimate of drug-likeness (QED) is 0.757. The summed E-state index contributed by atoms with van der Waals surface area (Å²) < 4.78 is 49.1. The molecule has 1 aromatic rings.